The standard InChI is InChI=1S/C30H28ClN3O6S/c1-4-39-25(35)17-33-16-20(22-7-5-6-8-23(22)33)15-24-28(36)34-27(19-9-11-21(31)12-10-19)26(18(2)32-30(34)41-24)29(37)40-14-13-38-3/h5-12,15-16,27H,4,13-14,17H2,1-3H3. The number of rotatable bonds is 9. The van der Waals surface area contributed by atoms with Gasteiger partial charge in [0, 0.05) is 34.8 Å². The van der Waals surface area contributed by atoms with E-state index in [0.717, 1.165) is 16.5 Å². The number of aromatic nitrogens is 2. The van der Waals surface area contributed by atoms with Crippen LogP contribution in [0.2, 0.25) is 5.02 Å². The van der Waals surface area contributed by atoms with Gasteiger partial charge in [-0.3, -0.25) is 14.2 Å². The van der Waals surface area contributed by atoms with E-state index in [0.29, 0.717) is 32.2 Å². The largest absolute Gasteiger partial charge is 0.465 e. The van der Waals surface area contributed by atoms with Crippen LogP contribution in [-0.4, -0.2) is 48.0 Å². The Hall–Kier alpha value is -3.99. The maximum absolute atomic E-state index is 14.0. The minimum atomic E-state index is -0.758. The van der Waals surface area contributed by atoms with Crippen LogP contribution in [0.25, 0.3) is 17.0 Å². The number of methoxy groups -OCH3 is 1. The predicted octanol–water partition coefficient (Wildman–Crippen LogP) is 3.60. The molecule has 0 aliphatic carbocycles. The van der Waals surface area contributed by atoms with Crippen LogP contribution in [0.5, 0.6) is 0 Å². The predicted molar refractivity (Wildman–Crippen MR) is 157 cm³/mol. The first-order valence-corrected chi connectivity index (χ1v) is 14.2. The number of hydrogen-bond donors (Lipinski definition) is 0. The molecule has 212 valence electrons. The number of benzene rings is 2. The Bertz CT molecular complexity index is 1830. The zero-order valence-electron chi connectivity index (χ0n) is 22.8. The first-order valence-electron chi connectivity index (χ1n) is 13.0. The van der Waals surface area contributed by atoms with Crippen molar-refractivity contribution in [3.8, 4) is 0 Å². The minimum Gasteiger partial charge on any atom is -0.465 e. The molecule has 1 atom stereocenters. The third kappa shape index (κ3) is 5.76. The molecule has 11 heteroatoms. The summed E-state index contributed by atoms with van der Waals surface area (Å²) in [4.78, 5) is 44.6. The maximum atomic E-state index is 14.0. The van der Waals surface area contributed by atoms with E-state index in [2.05, 4.69) is 4.99 Å². The minimum absolute atomic E-state index is 0.0494. The van der Waals surface area contributed by atoms with Gasteiger partial charge in [-0.15, -0.1) is 0 Å². The van der Waals surface area contributed by atoms with Gasteiger partial charge in [-0.2, -0.15) is 0 Å². The zero-order valence-corrected chi connectivity index (χ0v) is 24.3. The quantitative estimate of drug-likeness (QED) is 0.217. The fourth-order valence-corrected chi connectivity index (χ4v) is 6.01. The summed E-state index contributed by atoms with van der Waals surface area (Å²) in [6.45, 7) is 4.15. The summed E-state index contributed by atoms with van der Waals surface area (Å²) in [7, 11) is 1.52. The van der Waals surface area contributed by atoms with Gasteiger partial charge in [0.25, 0.3) is 5.56 Å². The molecular weight excluding hydrogens is 566 g/mol. The van der Waals surface area contributed by atoms with Gasteiger partial charge in [0.1, 0.15) is 13.2 Å². The van der Waals surface area contributed by atoms with Crippen molar-refractivity contribution in [2.24, 2.45) is 4.99 Å². The molecule has 2 aromatic carbocycles. The van der Waals surface area contributed by atoms with Crippen molar-refractivity contribution in [3.05, 3.63) is 102 Å². The lowest BCUT2D eigenvalue weighted by atomic mass is 9.96. The second-order valence-electron chi connectivity index (χ2n) is 9.30. The highest BCUT2D eigenvalue weighted by atomic mass is 35.5. The summed E-state index contributed by atoms with van der Waals surface area (Å²) < 4.78 is 19.4. The molecule has 9 nitrogen and oxygen atoms in total. The van der Waals surface area contributed by atoms with Gasteiger partial charge >= 0.3 is 11.9 Å². The fourth-order valence-electron chi connectivity index (χ4n) is 4.85. The molecule has 0 bridgehead atoms. The molecule has 0 saturated heterocycles. The molecule has 1 aliphatic heterocycles. The number of allylic oxidation sites excluding steroid dienone is 1. The van der Waals surface area contributed by atoms with E-state index in [4.69, 9.17) is 25.8 Å². The number of nitrogens with zero attached hydrogens (tertiary/aromatic N) is 3. The van der Waals surface area contributed by atoms with Crippen LogP contribution in [-0.2, 0) is 30.3 Å². The topological polar surface area (TPSA) is 101 Å². The number of carbonyl (C=O) groups is 2. The summed E-state index contributed by atoms with van der Waals surface area (Å²) in [5.41, 5.74) is 2.75. The second-order valence-corrected chi connectivity index (χ2v) is 10.7. The number of esters is 2. The number of thiazole rings is 1. The SMILES string of the molecule is CCOC(=O)Cn1cc(C=c2sc3n(c2=O)C(c2ccc(Cl)cc2)C(C(=O)OCCOC)=C(C)N=3)c2ccccc21. The average molecular weight is 594 g/mol. The number of ether oxygens (including phenoxy) is 3. The van der Waals surface area contributed by atoms with E-state index in [9.17, 15) is 14.4 Å². The van der Waals surface area contributed by atoms with Gasteiger partial charge in [0.15, 0.2) is 4.80 Å². The Morgan fingerprint density at radius 3 is 2.59 bits per heavy atom. The Morgan fingerprint density at radius 1 is 1.10 bits per heavy atom. The highest BCUT2D eigenvalue weighted by molar-refractivity contribution is 7.07. The van der Waals surface area contributed by atoms with Crippen molar-refractivity contribution in [2.45, 2.75) is 26.4 Å². The van der Waals surface area contributed by atoms with E-state index in [-0.39, 0.29) is 36.9 Å². The molecule has 3 heterocycles. The second kappa shape index (κ2) is 12.3. The van der Waals surface area contributed by atoms with E-state index in [1.807, 2.05) is 35.0 Å². The number of carbonyl (C=O) groups excluding carboxylic acids is 2. The van der Waals surface area contributed by atoms with Gasteiger partial charge in [-0.1, -0.05) is 53.3 Å². The van der Waals surface area contributed by atoms with Gasteiger partial charge in [0.2, 0.25) is 0 Å². The zero-order chi connectivity index (χ0) is 29.1. The normalized spacial score (nSPS) is 15.1. The maximum Gasteiger partial charge on any atom is 0.338 e. The van der Waals surface area contributed by atoms with E-state index in [1.165, 1.54) is 23.0 Å². The number of halogens is 1. The number of hydrogen-bond acceptors (Lipinski definition) is 8. The van der Waals surface area contributed by atoms with Crippen LogP contribution in [0, 0.1) is 0 Å². The molecule has 4 aromatic rings. The number of para-hydroxylation sites is 1. The fraction of sp³-hybridized carbons (Fsp3) is 0.267. The summed E-state index contributed by atoms with van der Waals surface area (Å²) >= 11 is 7.38. The third-order valence-electron chi connectivity index (χ3n) is 6.66. The molecule has 2 aromatic heterocycles. The van der Waals surface area contributed by atoms with Gasteiger partial charge in [-0.25, -0.2) is 9.79 Å². The lowest BCUT2D eigenvalue weighted by molar-refractivity contribution is -0.144. The molecule has 0 amide bonds. The van der Waals surface area contributed by atoms with Crippen molar-refractivity contribution < 1.29 is 23.8 Å². The van der Waals surface area contributed by atoms with Crippen LogP contribution >= 0.6 is 22.9 Å². The summed E-state index contributed by atoms with van der Waals surface area (Å²) in [5.74, 6) is -0.915. The molecule has 1 aliphatic rings. The van der Waals surface area contributed by atoms with Crippen molar-refractivity contribution >= 4 is 51.9 Å². The van der Waals surface area contributed by atoms with Crippen LogP contribution in [0.1, 0.15) is 31.0 Å². The average Bonchev–Trinajstić information content (AvgIpc) is 3.45. The van der Waals surface area contributed by atoms with E-state index >= 15 is 0 Å². The van der Waals surface area contributed by atoms with E-state index < -0.39 is 12.0 Å². The van der Waals surface area contributed by atoms with Crippen molar-refractivity contribution in [2.75, 3.05) is 26.9 Å². The highest BCUT2D eigenvalue weighted by Crippen LogP contribution is 2.31. The molecule has 0 saturated carbocycles. The third-order valence-corrected chi connectivity index (χ3v) is 7.89. The van der Waals surface area contributed by atoms with Crippen LogP contribution in [0.15, 0.2) is 75.8 Å². The molecule has 0 spiro atoms. The lowest BCUT2D eigenvalue weighted by Gasteiger charge is -2.24. The molecule has 0 radical (unpaired) electrons. The Kier molecular flexibility index (Phi) is 8.53. The monoisotopic (exact) mass is 593 g/mol. The Morgan fingerprint density at radius 2 is 1.85 bits per heavy atom. The van der Waals surface area contributed by atoms with Crippen molar-refractivity contribution in [1.82, 2.24) is 9.13 Å². The van der Waals surface area contributed by atoms with Crippen molar-refractivity contribution in [1.29, 1.82) is 0 Å². The molecular formula is C30H28ClN3O6S. The van der Waals surface area contributed by atoms with Crippen LogP contribution in [0.3, 0.4) is 0 Å². The Labute approximate surface area is 244 Å². The molecule has 0 fully saturated rings. The smallest absolute Gasteiger partial charge is 0.338 e. The highest BCUT2D eigenvalue weighted by Gasteiger charge is 2.33. The van der Waals surface area contributed by atoms with Gasteiger partial charge in [-0.05, 0) is 43.7 Å². The van der Waals surface area contributed by atoms with Crippen molar-refractivity contribution in [3.63, 3.8) is 0 Å². The molecule has 1 unspecified atom stereocenters. The number of fused-ring (bicyclic) bond motifs is 2. The first-order chi connectivity index (χ1) is 19.8. The van der Waals surface area contributed by atoms with Gasteiger partial charge in [0.05, 0.1) is 35.1 Å². The summed E-state index contributed by atoms with van der Waals surface area (Å²) in [6, 6.07) is 13.9. The van der Waals surface area contributed by atoms with Gasteiger partial charge < -0.3 is 18.8 Å². The lowest BCUT2D eigenvalue weighted by Crippen LogP contribution is -2.40. The molecule has 0 N–H and O–H groups in total. The van der Waals surface area contributed by atoms with Crippen LogP contribution in [0.4, 0.5) is 0 Å². The van der Waals surface area contributed by atoms with E-state index in [1.54, 1.807) is 44.2 Å². The first kappa shape index (κ1) is 28.5. The Balaban J connectivity index is 1.65. The summed E-state index contributed by atoms with van der Waals surface area (Å²) in [5, 5.41) is 1.42. The molecule has 5 rings (SSSR count). The summed E-state index contributed by atoms with van der Waals surface area (Å²) in [6.07, 6.45) is 3.63. The molecule has 41 heavy (non-hydrogen) atoms. The van der Waals surface area contributed by atoms with Crippen LogP contribution < -0.4 is 14.9 Å².